The van der Waals surface area contributed by atoms with Gasteiger partial charge in [0.1, 0.15) is 0 Å². The Kier molecular flexibility index (Phi) is 11.6. The monoisotopic (exact) mass is 972 g/mol. The molecule has 0 fully saturated rings. The van der Waals surface area contributed by atoms with E-state index in [4.69, 9.17) is 46.4 Å². The summed E-state index contributed by atoms with van der Waals surface area (Å²) >= 11 is 27.0. The summed E-state index contributed by atoms with van der Waals surface area (Å²) in [6, 6.07) is 86.2. The highest BCUT2D eigenvalue weighted by Gasteiger charge is 2.28. The molecule has 0 radical (unpaired) electrons. The van der Waals surface area contributed by atoms with Crippen molar-refractivity contribution in [2.45, 2.75) is 0 Å². The average Bonchev–Trinajstić information content (AvgIpc) is 3.40. The lowest BCUT2D eigenvalue weighted by atomic mass is 9.75. The van der Waals surface area contributed by atoms with E-state index in [2.05, 4.69) is 206 Å². The molecule has 0 atom stereocenters. The fraction of sp³-hybridized carbons (Fsp3) is 0. The summed E-state index contributed by atoms with van der Waals surface area (Å²) in [5.74, 6) is 0. The van der Waals surface area contributed by atoms with Crippen LogP contribution in [-0.4, -0.2) is 0 Å². The number of benzene rings is 12. The summed E-state index contributed by atoms with van der Waals surface area (Å²) < 4.78 is 0. The van der Waals surface area contributed by atoms with Crippen molar-refractivity contribution in [1.82, 2.24) is 0 Å². The van der Waals surface area contributed by atoms with E-state index in [0.29, 0.717) is 20.1 Å². The van der Waals surface area contributed by atoms with Gasteiger partial charge in [-0.05, 0) is 170 Å². The van der Waals surface area contributed by atoms with E-state index in [1.165, 1.54) is 32.3 Å². The van der Waals surface area contributed by atoms with Crippen LogP contribution in [0.1, 0.15) is 0 Å². The molecular formula is C66H40Cl4. The molecule has 0 aliphatic rings. The first-order chi connectivity index (χ1) is 34.4. The molecule has 0 saturated carbocycles. The predicted molar refractivity (Wildman–Crippen MR) is 302 cm³/mol. The lowest BCUT2D eigenvalue weighted by molar-refractivity contribution is 1.54. The van der Waals surface area contributed by atoms with Crippen molar-refractivity contribution >= 4 is 78.7 Å². The molecule has 0 N–H and O–H groups in total. The zero-order valence-electron chi connectivity index (χ0n) is 37.6. The number of hydrogen-bond acceptors (Lipinski definition) is 0. The van der Waals surface area contributed by atoms with Crippen LogP contribution in [0.4, 0.5) is 0 Å². The second-order valence-corrected chi connectivity index (χ2v) is 19.4. The van der Waals surface area contributed by atoms with Gasteiger partial charge in [-0.3, -0.25) is 0 Å². The van der Waals surface area contributed by atoms with Crippen LogP contribution in [0.15, 0.2) is 243 Å². The van der Waals surface area contributed by atoms with Crippen LogP contribution in [0.3, 0.4) is 0 Å². The van der Waals surface area contributed by atoms with Crippen LogP contribution in [0.25, 0.3) is 121 Å². The van der Waals surface area contributed by atoms with E-state index in [0.717, 1.165) is 89.0 Å². The molecule has 70 heavy (non-hydrogen) atoms. The molecule has 12 aromatic rings. The highest BCUT2D eigenvalue weighted by atomic mass is 35.5. The molecule has 0 nitrogen and oxygen atoms in total. The Hall–Kier alpha value is -7.42. The van der Waals surface area contributed by atoms with Gasteiger partial charge >= 0.3 is 0 Å². The minimum Gasteiger partial charge on any atom is -0.0843 e. The minimum atomic E-state index is 0.582. The van der Waals surface area contributed by atoms with E-state index in [1.54, 1.807) is 12.1 Å². The standard InChI is InChI=1S/C66H40Cl4/c67-49-33-47(34-50(68)39-49)53-31-29-45(37-59(53)41-17-5-1-6-18-41)63-61(43-21-9-3-10-22-43)65-57-27-15-13-25-55(57)56-26-14-16-28-58(56)66(65)62(44-23-11-4-12-24-44)64(63)46-30-32-54(48-35-51(69)40-52(70)36-48)60(38-46)42-19-7-2-8-20-42/h1-40H. The van der Waals surface area contributed by atoms with Crippen molar-refractivity contribution in [2.75, 3.05) is 0 Å². The van der Waals surface area contributed by atoms with Crippen molar-refractivity contribution < 1.29 is 0 Å². The quantitative estimate of drug-likeness (QED) is 0.133. The molecular weight excluding hydrogens is 935 g/mol. The molecule has 0 bridgehead atoms. The summed E-state index contributed by atoms with van der Waals surface area (Å²) in [7, 11) is 0. The summed E-state index contributed by atoms with van der Waals surface area (Å²) in [6.07, 6.45) is 0. The maximum Gasteiger partial charge on any atom is 0.0426 e. The number of halogens is 4. The molecule has 0 heterocycles. The number of rotatable bonds is 8. The topological polar surface area (TPSA) is 0 Å². The van der Waals surface area contributed by atoms with Gasteiger partial charge in [-0.1, -0.05) is 241 Å². The van der Waals surface area contributed by atoms with Gasteiger partial charge in [-0.25, -0.2) is 0 Å². The van der Waals surface area contributed by atoms with Gasteiger partial charge in [0.2, 0.25) is 0 Å². The number of hydrogen-bond donors (Lipinski definition) is 0. The molecule has 0 saturated heterocycles. The molecule has 0 aliphatic carbocycles. The Labute approximate surface area is 427 Å². The molecule has 0 spiro atoms. The van der Waals surface area contributed by atoms with Crippen LogP contribution in [0.2, 0.25) is 20.1 Å². The summed E-state index contributed by atoms with van der Waals surface area (Å²) in [5, 5.41) is 9.49. The normalized spacial score (nSPS) is 11.4. The molecule has 332 valence electrons. The summed E-state index contributed by atoms with van der Waals surface area (Å²) in [5.41, 5.74) is 17.1. The minimum absolute atomic E-state index is 0.582. The first-order valence-electron chi connectivity index (χ1n) is 23.2. The fourth-order valence-electron chi connectivity index (χ4n) is 10.6. The van der Waals surface area contributed by atoms with Gasteiger partial charge in [0, 0.05) is 20.1 Å². The first-order valence-corrected chi connectivity index (χ1v) is 24.8. The van der Waals surface area contributed by atoms with Gasteiger partial charge in [0.05, 0.1) is 0 Å². The van der Waals surface area contributed by atoms with Crippen LogP contribution >= 0.6 is 46.4 Å². The predicted octanol–water partition coefficient (Wildman–Crippen LogP) is 21.1. The Bertz CT molecular complexity index is 3660. The van der Waals surface area contributed by atoms with Crippen LogP contribution in [0, 0.1) is 0 Å². The maximum absolute atomic E-state index is 6.75. The van der Waals surface area contributed by atoms with Gasteiger partial charge < -0.3 is 0 Å². The van der Waals surface area contributed by atoms with Gasteiger partial charge in [-0.15, -0.1) is 0 Å². The molecule has 0 aliphatic heterocycles. The van der Waals surface area contributed by atoms with Crippen molar-refractivity contribution in [3.63, 3.8) is 0 Å². The molecule has 0 aromatic heterocycles. The second kappa shape index (κ2) is 18.5. The molecule has 0 amide bonds. The summed E-state index contributed by atoms with van der Waals surface area (Å²) in [4.78, 5) is 0. The highest BCUT2D eigenvalue weighted by molar-refractivity contribution is 6.37. The lowest BCUT2D eigenvalue weighted by Gasteiger charge is -2.27. The van der Waals surface area contributed by atoms with E-state index < -0.39 is 0 Å². The third kappa shape index (κ3) is 7.94. The Morgan fingerprint density at radius 2 is 0.486 bits per heavy atom. The average molecular weight is 975 g/mol. The maximum atomic E-state index is 6.75. The first kappa shape index (κ1) is 43.8. The lowest BCUT2D eigenvalue weighted by Crippen LogP contribution is -2.00. The zero-order valence-corrected chi connectivity index (χ0v) is 40.6. The third-order valence-electron chi connectivity index (χ3n) is 13.4. The van der Waals surface area contributed by atoms with Crippen molar-refractivity contribution in [3.05, 3.63) is 263 Å². The van der Waals surface area contributed by atoms with Gasteiger partial charge in [0.25, 0.3) is 0 Å². The SMILES string of the molecule is Clc1cc(Cl)cc(-c2ccc(-c3c(-c4ccc(-c5cc(Cl)cc(Cl)c5)c(-c5ccccc5)c4)c(-c4ccccc4)c4c5ccccc5c5ccccc5c4c3-c3ccccc3)cc2-c2ccccc2)c1. The molecule has 4 heteroatoms. The molecule has 0 unspecified atom stereocenters. The van der Waals surface area contributed by atoms with Crippen molar-refractivity contribution in [1.29, 1.82) is 0 Å². The Balaban J connectivity index is 1.33. The van der Waals surface area contributed by atoms with Gasteiger partial charge in [0.15, 0.2) is 0 Å². The highest BCUT2D eigenvalue weighted by Crippen LogP contribution is 2.56. The van der Waals surface area contributed by atoms with Crippen LogP contribution in [-0.2, 0) is 0 Å². The Morgan fingerprint density at radius 3 is 0.829 bits per heavy atom. The number of fused-ring (bicyclic) bond motifs is 6. The van der Waals surface area contributed by atoms with Crippen LogP contribution in [0.5, 0.6) is 0 Å². The zero-order chi connectivity index (χ0) is 47.3. The molecule has 12 aromatic carbocycles. The van der Waals surface area contributed by atoms with E-state index >= 15 is 0 Å². The third-order valence-corrected chi connectivity index (χ3v) is 14.3. The van der Waals surface area contributed by atoms with Crippen molar-refractivity contribution in [2.24, 2.45) is 0 Å². The Morgan fingerprint density at radius 1 is 0.186 bits per heavy atom. The van der Waals surface area contributed by atoms with Gasteiger partial charge in [-0.2, -0.15) is 0 Å². The fourth-order valence-corrected chi connectivity index (χ4v) is 11.6. The largest absolute Gasteiger partial charge is 0.0843 e. The van der Waals surface area contributed by atoms with Crippen molar-refractivity contribution in [3.8, 4) is 89.0 Å². The van der Waals surface area contributed by atoms with E-state index in [-0.39, 0.29) is 0 Å². The molecule has 12 rings (SSSR count). The smallest absolute Gasteiger partial charge is 0.0426 e. The van der Waals surface area contributed by atoms with E-state index in [1.807, 2.05) is 24.3 Å². The van der Waals surface area contributed by atoms with E-state index in [9.17, 15) is 0 Å². The summed E-state index contributed by atoms with van der Waals surface area (Å²) in [6.45, 7) is 0. The van der Waals surface area contributed by atoms with Crippen LogP contribution < -0.4 is 0 Å². The second-order valence-electron chi connectivity index (χ2n) is 17.6.